The van der Waals surface area contributed by atoms with E-state index in [1.807, 2.05) is 0 Å². The molecule has 0 fully saturated rings. The second-order valence-corrected chi connectivity index (χ2v) is 11.0. The molecule has 0 heterocycles. The van der Waals surface area contributed by atoms with Crippen molar-refractivity contribution >= 4 is 5.97 Å². The first-order valence-electron chi connectivity index (χ1n) is 17.6. The van der Waals surface area contributed by atoms with Gasteiger partial charge in [0.25, 0.3) is 0 Å². The Hall–Kier alpha value is -0.850. The van der Waals surface area contributed by atoms with Crippen molar-refractivity contribution in [3.63, 3.8) is 0 Å². The van der Waals surface area contributed by atoms with E-state index in [4.69, 9.17) is 43.0 Å². The average Bonchev–Trinajstić information content (AvgIpc) is 3.02. The smallest absolute Gasteiger partial charge is 0.329 e. The summed E-state index contributed by atoms with van der Waals surface area (Å²) in [6.07, 6.45) is 22.2. The summed E-state index contributed by atoms with van der Waals surface area (Å²) < 4.78 is 43.1. The fourth-order valence-corrected chi connectivity index (χ4v) is 4.45. The lowest BCUT2D eigenvalue weighted by molar-refractivity contribution is -0.142. The van der Waals surface area contributed by atoms with Crippen LogP contribution < -0.4 is 0 Å². The van der Waals surface area contributed by atoms with Crippen LogP contribution in [0.25, 0.3) is 0 Å². The lowest BCUT2D eigenvalue weighted by Gasteiger charge is -2.08. The molecule has 0 aromatic rings. The molecular weight excluding hydrogens is 568 g/mol. The molecule has 0 bridgehead atoms. The average molecular weight is 637 g/mol. The molecule has 0 saturated carbocycles. The predicted molar refractivity (Wildman–Crippen MR) is 174 cm³/mol. The van der Waals surface area contributed by atoms with E-state index in [-0.39, 0.29) is 13.2 Å². The third-order valence-electron chi connectivity index (χ3n) is 6.97. The zero-order chi connectivity index (χ0) is 31.9. The van der Waals surface area contributed by atoms with Gasteiger partial charge in [-0.25, -0.2) is 4.79 Å². The highest BCUT2D eigenvalue weighted by Gasteiger charge is 1.98. The van der Waals surface area contributed by atoms with E-state index < -0.39 is 5.97 Å². The largest absolute Gasteiger partial charge is 0.480 e. The first-order chi connectivity index (χ1) is 21.8. The molecule has 0 atom stereocenters. The number of hydrogen-bond acceptors (Lipinski definition) is 9. The number of rotatable bonds is 40. The molecule has 0 aliphatic carbocycles. The monoisotopic (exact) mass is 636 g/mol. The van der Waals surface area contributed by atoms with E-state index in [1.165, 1.54) is 96.3 Å². The predicted octanol–water partition coefficient (Wildman–Crippen LogP) is 6.47. The second-order valence-electron chi connectivity index (χ2n) is 11.0. The van der Waals surface area contributed by atoms with Crippen LogP contribution in [0.15, 0.2) is 0 Å². The van der Waals surface area contributed by atoms with E-state index in [0.29, 0.717) is 85.9 Å². The molecular formula is C34H68O10. The Labute approximate surface area is 269 Å². The van der Waals surface area contributed by atoms with Gasteiger partial charge in [0.15, 0.2) is 0 Å². The maximum absolute atomic E-state index is 10.3. The fourth-order valence-electron chi connectivity index (χ4n) is 4.45. The molecule has 0 rings (SSSR count). The quantitative estimate of drug-likeness (QED) is 0.0752. The molecule has 44 heavy (non-hydrogen) atoms. The Morgan fingerprint density at radius 2 is 0.568 bits per heavy atom. The van der Waals surface area contributed by atoms with Gasteiger partial charge < -0.3 is 43.0 Å². The second kappa shape index (κ2) is 40.2. The molecule has 0 saturated heterocycles. The van der Waals surface area contributed by atoms with Crippen molar-refractivity contribution in [3.8, 4) is 0 Å². The molecule has 0 amide bonds. The number of unbranched alkanes of at least 4 members (excludes halogenated alkanes) is 15. The van der Waals surface area contributed by atoms with Gasteiger partial charge in [0.05, 0.1) is 92.5 Å². The number of carboxylic acids is 1. The summed E-state index contributed by atoms with van der Waals surface area (Å²) in [5.41, 5.74) is 0. The number of aliphatic carboxylic acids is 1. The van der Waals surface area contributed by atoms with Gasteiger partial charge in [0.1, 0.15) is 6.61 Å². The van der Waals surface area contributed by atoms with Crippen LogP contribution >= 0.6 is 0 Å². The Kier molecular flexibility index (Phi) is 39.4. The summed E-state index contributed by atoms with van der Waals surface area (Å²) in [6.45, 7) is 9.69. The van der Waals surface area contributed by atoms with Gasteiger partial charge >= 0.3 is 5.97 Å². The molecule has 10 heteroatoms. The summed E-state index contributed by atoms with van der Waals surface area (Å²) in [7, 11) is 0. The minimum Gasteiger partial charge on any atom is -0.480 e. The van der Waals surface area contributed by atoms with Crippen LogP contribution in [-0.2, 0) is 42.7 Å². The molecule has 0 unspecified atom stereocenters. The van der Waals surface area contributed by atoms with Crippen LogP contribution in [0.3, 0.4) is 0 Å². The Morgan fingerprint density at radius 3 is 0.841 bits per heavy atom. The van der Waals surface area contributed by atoms with Crippen molar-refractivity contribution in [3.05, 3.63) is 0 Å². The summed E-state index contributed by atoms with van der Waals surface area (Å²) in [5, 5.41) is 8.43. The van der Waals surface area contributed by atoms with Crippen LogP contribution in [0, 0.1) is 0 Å². The molecule has 0 aliphatic heterocycles. The standard InChI is InChI=1S/C34H68O10/c1-2-3-4-5-6-7-8-9-10-11-12-13-14-15-16-17-18-37-19-20-38-21-22-39-23-24-40-25-26-41-27-28-42-29-30-43-31-32-44-33-34(35)36/h2-33H2,1H3,(H,35,36). The summed E-state index contributed by atoms with van der Waals surface area (Å²) >= 11 is 0. The molecule has 0 aromatic carbocycles. The first-order valence-corrected chi connectivity index (χ1v) is 17.6. The maximum atomic E-state index is 10.3. The van der Waals surface area contributed by atoms with Gasteiger partial charge in [-0.2, -0.15) is 0 Å². The van der Waals surface area contributed by atoms with Gasteiger partial charge in [-0.3, -0.25) is 0 Å². The fraction of sp³-hybridized carbons (Fsp3) is 0.971. The van der Waals surface area contributed by atoms with Crippen molar-refractivity contribution in [2.24, 2.45) is 0 Å². The van der Waals surface area contributed by atoms with Crippen LogP contribution in [0.5, 0.6) is 0 Å². The minimum absolute atomic E-state index is 0.253. The lowest BCUT2D eigenvalue weighted by Crippen LogP contribution is -2.15. The van der Waals surface area contributed by atoms with Crippen molar-refractivity contribution in [1.82, 2.24) is 0 Å². The van der Waals surface area contributed by atoms with Crippen molar-refractivity contribution in [2.45, 2.75) is 110 Å². The number of hydrogen-bond donors (Lipinski definition) is 1. The first kappa shape index (κ1) is 43.1. The van der Waals surface area contributed by atoms with Crippen LogP contribution in [0.4, 0.5) is 0 Å². The summed E-state index contributed by atoms with van der Waals surface area (Å²) in [4.78, 5) is 10.3. The van der Waals surface area contributed by atoms with Crippen LogP contribution in [0.2, 0.25) is 0 Å². The number of ether oxygens (including phenoxy) is 8. The van der Waals surface area contributed by atoms with Crippen LogP contribution in [-0.4, -0.2) is 117 Å². The maximum Gasteiger partial charge on any atom is 0.329 e. The normalized spacial score (nSPS) is 11.5. The Balaban J connectivity index is 3.04. The van der Waals surface area contributed by atoms with Gasteiger partial charge in [-0.15, -0.1) is 0 Å². The molecule has 0 aliphatic rings. The molecule has 0 radical (unpaired) electrons. The minimum atomic E-state index is -0.986. The lowest BCUT2D eigenvalue weighted by atomic mass is 10.0. The topological polar surface area (TPSA) is 111 Å². The zero-order valence-corrected chi connectivity index (χ0v) is 28.2. The highest BCUT2D eigenvalue weighted by Crippen LogP contribution is 2.13. The summed E-state index contributed by atoms with van der Waals surface area (Å²) in [5.74, 6) is -0.986. The van der Waals surface area contributed by atoms with Crippen molar-refractivity contribution in [2.75, 3.05) is 106 Å². The van der Waals surface area contributed by atoms with Crippen LogP contribution in [0.1, 0.15) is 110 Å². The number of carbonyl (C=O) groups is 1. The van der Waals surface area contributed by atoms with Crippen molar-refractivity contribution < 1.29 is 47.8 Å². The van der Waals surface area contributed by atoms with Gasteiger partial charge in [0, 0.05) is 6.61 Å². The van der Waals surface area contributed by atoms with E-state index >= 15 is 0 Å². The third-order valence-corrected chi connectivity index (χ3v) is 6.97. The van der Waals surface area contributed by atoms with Gasteiger partial charge in [-0.05, 0) is 6.42 Å². The van der Waals surface area contributed by atoms with E-state index in [2.05, 4.69) is 6.92 Å². The molecule has 0 spiro atoms. The van der Waals surface area contributed by atoms with Crippen molar-refractivity contribution in [1.29, 1.82) is 0 Å². The molecule has 0 aromatic heterocycles. The molecule has 1 N–H and O–H groups in total. The molecule has 264 valence electrons. The summed E-state index contributed by atoms with van der Waals surface area (Å²) in [6, 6.07) is 0. The zero-order valence-electron chi connectivity index (χ0n) is 28.2. The molecule has 10 nitrogen and oxygen atoms in total. The number of carboxylic acid groups (broad SMARTS) is 1. The van der Waals surface area contributed by atoms with Gasteiger partial charge in [0.2, 0.25) is 0 Å². The van der Waals surface area contributed by atoms with Gasteiger partial charge in [-0.1, -0.05) is 103 Å². The third kappa shape index (κ3) is 41.1. The highest BCUT2D eigenvalue weighted by molar-refractivity contribution is 5.67. The SMILES string of the molecule is CCCCCCCCCCCCCCCCCCOCCOCCOCCOCCOCCOCCOCCOCC(=O)O. The highest BCUT2D eigenvalue weighted by atomic mass is 16.6. The Morgan fingerprint density at radius 1 is 0.341 bits per heavy atom. The van der Waals surface area contributed by atoms with E-state index in [1.54, 1.807) is 0 Å². The van der Waals surface area contributed by atoms with E-state index in [9.17, 15) is 4.79 Å². The van der Waals surface area contributed by atoms with E-state index in [0.717, 1.165) is 13.0 Å². The Bertz CT molecular complexity index is 538.